The maximum absolute atomic E-state index is 14.5. The van der Waals surface area contributed by atoms with E-state index >= 15 is 0 Å². The van der Waals surface area contributed by atoms with Crippen molar-refractivity contribution in [1.82, 2.24) is 19.6 Å². The Hall–Kier alpha value is -3.05. The zero-order chi connectivity index (χ0) is 30.0. The van der Waals surface area contributed by atoms with Crippen LogP contribution in [0.15, 0.2) is 54.6 Å². The Kier molecular flexibility index (Phi) is 8.73. The molecule has 10 nitrogen and oxygen atoms in total. The summed E-state index contributed by atoms with van der Waals surface area (Å²) >= 11 is 0. The first kappa shape index (κ1) is 30.0. The van der Waals surface area contributed by atoms with Crippen LogP contribution in [0.1, 0.15) is 31.7 Å². The molecule has 0 aliphatic carbocycles. The number of hydrogen-bond donors (Lipinski definition) is 1. The molecule has 1 unspecified atom stereocenters. The van der Waals surface area contributed by atoms with E-state index in [1.807, 2.05) is 66.5 Å². The molecule has 10 heteroatoms. The fraction of sp³-hybridized carbons (Fsp3) is 0.606. The summed E-state index contributed by atoms with van der Waals surface area (Å²) in [6.45, 7) is 7.95. The van der Waals surface area contributed by atoms with Gasteiger partial charge in [-0.15, -0.1) is 0 Å². The minimum atomic E-state index is -1.24. The number of unbranched alkanes of at least 4 members (excludes halogenated alkanes) is 2. The van der Waals surface area contributed by atoms with E-state index in [0.717, 1.165) is 31.6 Å². The van der Waals surface area contributed by atoms with Gasteiger partial charge < -0.3 is 29.3 Å². The lowest BCUT2D eigenvalue weighted by Crippen LogP contribution is -2.56. The van der Waals surface area contributed by atoms with E-state index in [1.54, 1.807) is 9.80 Å². The third kappa shape index (κ3) is 5.54. The highest BCUT2D eigenvalue weighted by Crippen LogP contribution is 2.57. The van der Waals surface area contributed by atoms with E-state index < -0.39 is 29.1 Å². The van der Waals surface area contributed by atoms with Crippen LogP contribution in [0.2, 0.25) is 0 Å². The summed E-state index contributed by atoms with van der Waals surface area (Å²) in [6.07, 6.45) is 9.80. The third-order valence-corrected chi connectivity index (χ3v) is 9.79. The van der Waals surface area contributed by atoms with Gasteiger partial charge in [0.25, 0.3) is 0 Å². The molecule has 0 bridgehead atoms. The number of morpholine rings is 1. The minimum Gasteiger partial charge on any atom is -0.396 e. The van der Waals surface area contributed by atoms with Crippen molar-refractivity contribution < 1.29 is 29.0 Å². The van der Waals surface area contributed by atoms with Crippen molar-refractivity contribution in [3.8, 4) is 0 Å². The number of amides is 3. The zero-order valence-corrected chi connectivity index (χ0v) is 25.1. The Labute approximate surface area is 253 Å². The van der Waals surface area contributed by atoms with Crippen LogP contribution in [0.3, 0.4) is 0 Å². The fourth-order valence-electron chi connectivity index (χ4n) is 7.66. The summed E-state index contributed by atoms with van der Waals surface area (Å²) in [5, 5.41) is 9.32. The quantitative estimate of drug-likeness (QED) is 0.324. The summed E-state index contributed by atoms with van der Waals surface area (Å²) in [5.41, 5.74) is -1.26. The van der Waals surface area contributed by atoms with Gasteiger partial charge in [-0.1, -0.05) is 54.6 Å². The molecule has 1 aromatic carbocycles. The average molecular weight is 593 g/mol. The predicted octanol–water partition coefficient (Wildman–Crippen LogP) is 1.45. The lowest BCUT2D eigenvalue weighted by Gasteiger charge is -2.38. The molecule has 5 aliphatic rings. The molecule has 1 N–H and O–H groups in total. The number of hydrogen-bond acceptors (Lipinski definition) is 7. The lowest BCUT2D eigenvalue weighted by atomic mass is 9.74. The number of carbonyl (C=O) groups excluding carboxylic acids is 3. The molecule has 0 saturated carbocycles. The first-order valence-electron chi connectivity index (χ1n) is 15.8. The van der Waals surface area contributed by atoms with Crippen LogP contribution in [0, 0.1) is 11.8 Å². The SMILES string of the molecule is C[C@@]12C=CCN(Cc3ccccc3)C(=O)[C@@H]1[C@H]1C(=O)N(CCCCCO)C3C(=O)N(CCN4CCOCC4)CC=C[C@@]31O2. The summed E-state index contributed by atoms with van der Waals surface area (Å²) in [7, 11) is 0. The summed E-state index contributed by atoms with van der Waals surface area (Å²) in [4.78, 5) is 50.9. The van der Waals surface area contributed by atoms with Crippen molar-refractivity contribution >= 4 is 17.7 Å². The molecular formula is C33H44N4O6. The van der Waals surface area contributed by atoms with Crippen molar-refractivity contribution in [1.29, 1.82) is 0 Å². The number of ether oxygens (including phenoxy) is 2. The van der Waals surface area contributed by atoms with Crippen LogP contribution in [-0.2, 0) is 30.4 Å². The lowest BCUT2D eigenvalue weighted by molar-refractivity contribution is -0.153. The van der Waals surface area contributed by atoms with Crippen LogP contribution < -0.4 is 0 Å². The highest BCUT2D eigenvalue weighted by atomic mass is 16.5. The van der Waals surface area contributed by atoms with Crippen molar-refractivity contribution in [3.63, 3.8) is 0 Å². The molecule has 0 radical (unpaired) electrons. The highest BCUT2D eigenvalue weighted by Gasteiger charge is 2.74. The van der Waals surface area contributed by atoms with E-state index in [4.69, 9.17) is 9.47 Å². The van der Waals surface area contributed by atoms with Crippen LogP contribution in [0.25, 0.3) is 0 Å². The Morgan fingerprint density at radius 1 is 0.837 bits per heavy atom. The second kappa shape index (κ2) is 12.5. The summed E-state index contributed by atoms with van der Waals surface area (Å²) in [5.74, 6) is -2.02. The van der Waals surface area contributed by atoms with E-state index in [-0.39, 0.29) is 24.3 Å². The maximum atomic E-state index is 14.5. The first-order chi connectivity index (χ1) is 20.9. The Morgan fingerprint density at radius 3 is 2.35 bits per heavy atom. The van der Waals surface area contributed by atoms with Gasteiger partial charge in [0.05, 0.1) is 30.7 Å². The molecule has 3 amide bonds. The van der Waals surface area contributed by atoms with Gasteiger partial charge in [0.1, 0.15) is 11.6 Å². The number of aliphatic hydroxyl groups excluding tert-OH is 1. The van der Waals surface area contributed by atoms with Gasteiger partial charge in [0.2, 0.25) is 17.7 Å². The second-order valence-electron chi connectivity index (χ2n) is 12.6. The smallest absolute Gasteiger partial charge is 0.249 e. The molecule has 3 saturated heterocycles. The number of likely N-dealkylation sites (tertiary alicyclic amines) is 1. The molecule has 5 atom stereocenters. The van der Waals surface area contributed by atoms with Crippen molar-refractivity contribution in [2.75, 3.05) is 65.6 Å². The van der Waals surface area contributed by atoms with Gasteiger partial charge >= 0.3 is 0 Å². The normalized spacial score (nSPS) is 32.6. The van der Waals surface area contributed by atoms with Crippen LogP contribution in [0.4, 0.5) is 0 Å². The molecule has 3 fully saturated rings. The van der Waals surface area contributed by atoms with E-state index in [0.29, 0.717) is 58.8 Å². The number of rotatable bonds is 10. The first-order valence-corrected chi connectivity index (χ1v) is 15.8. The van der Waals surface area contributed by atoms with Crippen molar-refractivity contribution in [3.05, 3.63) is 60.2 Å². The number of benzene rings is 1. The number of fused-ring (bicyclic) bond motifs is 2. The van der Waals surface area contributed by atoms with Gasteiger partial charge in [0, 0.05) is 59.0 Å². The topological polar surface area (TPSA) is 103 Å². The summed E-state index contributed by atoms with van der Waals surface area (Å²) < 4.78 is 12.4. The average Bonchev–Trinajstić information content (AvgIpc) is 3.28. The Balaban J connectivity index is 1.32. The fourth-order valence-corrected chi connectivity index (χ4v) is 7.66. The number of carbonyl (C=O) groups is 3. The Bertz CT molecular complexity index is 1250. The predicted molar refractivity (Wildman–Crippen MR) is 160 cm³/mol. The standard InChI is InChI=1S/C33H44N4O6/c1-32-12-8-15-36(24-25-10-4-2-5-11-25)29(39)26(32)27-30(40)37(16-6-3-7-21-38)28-31(41)35(14-9-13-33(27,28)43-32)18-17-34-19-22-42-23-20-34/h2,4-5,8-13,26-28,38H,3,6-7,14-24H2,1H3/t26-,27-,28?,32+,33-/m0/s1. The van der Waals surface area contributed by atoms with Gasteiger partial charge in [-0.25, -0.2) is 0 Å². The molecule has 43 heavy (non-hydrogen) atoms. The van der Waals surface area contributed by atoms with Crippen LogP contribution in [0.5, 0.6) is 0 Å². The molecule has 6 rings (SSSR count). The molecule has 1 spiro atoms. The van der Waals surface area contributed by atoms with Crippen molar-refractivity contribution in [2.45, 2.75) is 50.0 Å². The van der Waals surface area contributed by atoms with Crippen LogP contribution in [-0.4, -0.2) is 125 Å². The zero-order valence-electron chi connectivity index (χ0n) is 25.1. The Morgan fingerprint density at radius 2 is 1.58 bits per heavy atom. The van der Waals surface area contributed by atoms with Crippen molar-refractivity contribution in [2.24, 2.45) is 11.8 Å². The third-order valence-electron chi connectivity index (χ3n) is 9.79. The largest absolute Gasteiger partial charge is 0.396 e. The van der Waals surface area contributed by atoms with Gasteiger partial charge in [-0.05, 0) is 31.7 Å². The molecule has 5 heterocycles. The highest BCUT2D eigenvalue weighted by molar-refractivity contribution is 6.00. The number of aliphatic hydroxyl groups is 1. The molecule has 232 valence electrons. The van der Waals surface area contributed by atoms with E-state index in [9.17, 15) is 19.5 Å². The van der Waals surface area contributed by atoms with Crippen LogP contribution >= 0.6 is 0 Å². The number of nitrogens with zero attached hydrogens (tertiary/aromatic N) is 4. The molecular weight excluding hydrogens is 548 g/mol. The van der Waals surface area contributed by atoms with Gasteiger partial charge in [-0.2, -0.15) is 0 Å². The van der Waals surface area contributed by atoms with Gasteiger partial charge in [-0.3, -0.25) is 19.3 Å². The summed E-state index contributed by atoms with van der Waals surface area (Å²) in [6, 6.07) is 9.00. The van der Waals surface area contributed by atoms with E-state index in [1.165, 1.54) is 0 Å². The second-order valence-corrected chi connectivity index (χ2v) is 12.6. The maximum Gasteiger partial charge on any atom is 0.249 e. The minimum absolute atomic E-state index is 0.0859. The van der Waals surface area contributed by atoms with E-state index in [2.05, 4.69) is 4.90 Å². The molecule has 0 aromatic heterocycles. The monoisotopic (exact) mass is 592 g/mol. The molecule has 5 aliphatic heterocycles. The molecule has 1 aromatic rings. The van der Waals surface area contributed by atoms with Gasteiger partial charge in [0.15, 0.2) is 0 Å².